The lowest BCUT2D eigenvalue weighted by Gasteiger charge is -1.95. The fourth-order valence-corrected chi connectivity index (χ4v) is 2.97. The third-order valence-electron chi connectivity index (χ3n) is 1.99. The largest absolute Gasteiger partial charge is 0.245 e. The van der Waals surface area contributed by atoms with E-state index in [1.54, 1.807) is 27.8 Å². The summed E-state index contributed by atoms with van der Waals surface area (Å²) in [5.41, 5.74) is 1.11. The maximum Gasteiger partial charge on any atom is 0.209 e. The molecule has 86 valence electrons. The molecule has 16 heavy (non-hydrogen) atoms. The van der Waals surface area contributed by atoms with E-state index in [1.807, 2.05) is 7.05 Å². The van der Waals surface area contributed by atoms with Gasteiger partial charge in [0.25, 0.3) is 0 Å². The van der Waals surface area contributed by atoms with Crippen molar-refractivity contribution in [1.29, 1.82) is 0 Å². The number of tetrazole rings is 1. The van der Waals surface area contributed by atoms with E-state index in [0.717, 1.165) is 29.4 Å². The molecule has 5 nitrogen and oxygen atoms in total. The molecular formula is C9H13N5S2. The summed E-state index contributed by atoms with van der Waals surface area (Å²) in [6.07, 6.45) is 2.22. The van der Waals surface area contributed by atoms with Crippen LogP contribution in [0.1, 0.15) is 24.0 Å². The summed E-state index contributed by atoms with van der Waals surface area (Å²) in [5.74, 6) is 0.828. The van der Waals surface area contributed by atoms with Gasteiger partial charge >= 0.3 is 0 Å². The Bertz CT molecular complexity index is 450. The van der Waals surface area contributed by atoms with Gasteiger partial charge in [0, 0.05) is 18.2 Å². The van der Waals surface area contributed by atoms with Gasteiger partial charge in [-0.25, -0.2) is 9.67 Å². The van der Waals surface area contributed by atoms with Crippen molar-refractivity contribution in [3.05, 3.63) is 16.1 Å². The minimum Gasteiger partial charge on any atom is -0.245 e. The molecule has 0 fully saturated rings. The topological polar surface area (TPSA) is 56.5 Å². The molecule has 2 aromatic heterocycles. The predicted molar refractivity (Wildman–Crippen MR) is 64.5 cm³/mol. The van der Waals surface area contributed by atoms with E-state index in [-0.39, 0.29) is 0 Å². The van der Waals surface area contributed by atoms with Gasteiger partial charge in [0.1, 0.15) is 0 Å². The lowest BCUT2D eigenvalue weighted by Crippen LogP contribution is -1.93. The van der Waals surface area contributed by atoms with Gasteiger partial charge in [0.2, 0.25) is 5.16 Å². The lowest BCUT2D eigenvalue weighted by molar-refractivity contribution is 0.664. The number of hydrogen-bond donors (Lipinski definition) is 0. The molecule has 2 aromatic rings. The van der Waals surface area contributed by atoms with E-state index in [4.69, 9.17) is 0 Å². The molecule has 7 heteroatoms. The first-order valence-corrected chi connectivity index (χ1v) is 6.94. The summed E-state index contributed by atoms with van der Waals surface area (Å²) in [6, 6.07) is 0. The highest BCUT2D eigenvalue weighted by Gasteiger charge is 2.06. The number of nitrogens with zero attached hydrogens (tertiary/aromatic N) is 5. The molecule has 0 radical (unpaired) electrons. The quantitative estimate of drug-likeness (QED) is 0.764. The third kappa shape index (κ3) is 2.79. The normalized spacial score (nSPS) is 10.9. The Morgan fingerprint density at radius 1 is 1.50 bits per heavy atom. The molecule has 0 aromatic carbocycles. The molecule has 0 aliphatic heterocycles. The maximum atomic E-state index is 4.55. The van der Waals surface area contributed by atoms with Crippen LogP contribution in [0.25, 0.3) is 0 Å². The van der Waals surface area contributed by atoms with E-state index in [2.05, 4.69) is 32.8 Å². The first kappa shape index (κ1) is 11.5. The fraction of sp³-hybridized carbons (Fsp3) is 0.556. The zero-order chi connectivity index (χ0) is 11.4. The monoisotopic (exact) mass is 255 g/mol. The summed E-state index contributed by atoms with van der Waals surface area (Å²) in [6.45, 7) is 2.17. The van der Waals surface area contributed by atoms with Crippen molar-refractivity contribution >= 4 is 23.1 Å². The minimum absolute atomic E-state index is 0.824. The van der Waals surface area contributed by atoms with E-state index in [0.29, 0.717) is 0 Å². The lowest BCUT2D eigenvalue weighted by atomic mass is 10.3. The van der Waals surface area contributed by atoms with Gasteiger partial charge in [-0.3, -0.25) is 0 Å². The highest BCUT2D eigenvalue weighted by molar-refractivity contribution is 7.98. The van der Waals surface area contributed by atoms with Crippen LogP contribution < -0.4 is 0 Å². The molecule has 0 unspecified atom stereocenters. The zero-order valence-corrected chi connectivity index (χ0v) is 10.9. The summed E-state index contributed by atoms with van der Waals surface area (Å²) < 4.78 is 1.67. The van der Waals surface area contributed by atoms with E-state index in [9.17, 15) is 0 Å². The number of rotatable bonds is 5. The summed E-state index contributed by atoms with van der Waals surface area (Å²) in [5, 5.41) is 15.4. The van der Waals surface area contributed by atoms with Crippen molar-refractivity contribution in [2.24, 2.45) is 7.05 Å². The Kier molecular flexibility index (Phi) is 3.89. The van der Waals surface area contributed by atoms with E-state index < -0.39 is 0 Å². The van der Waals surface area contributed by atoms with Crippen LogP contribution in [0.3, 0.4) is 0 Å². The van der Waals surface area contributed by atoms with Crippen LogP contribution in [-0.2, 0) is 19.2 Å². The first-order valence-electron chi connectivity index (χ1n) is 5.08. The van der Waals surface area contributed by atoms with Crippen LogP contribution in [0, 0.1) is 0 Å². The van der Waals surface area contributed by atoms with E-state index >= 15 is 0 Å². The minimum atomic E-state index is 0.824. The SMILES string of the molecule is CCCc1nc(CSc2nnnn2C)cs1. The van der Waals surface area contributed by atoms with Gasteiger partial charge in [-0.15, -0.1) is 16.4 Å². The van der Waals surface area contributed by atoms with Crippen LogP contribution in [0.4, 0.5) is 0 Å². The number of thiazole rings is 1. The highest BCUT2D eigenvalue weighted by atomic mass is 32.2. The van der Waals surface area contributed by atoms with Crippen molar-refractivity contribution in [1.82, 2.24) is 25.2 Å². The molecule has 0 saturated heterocycles. The Morgan fingerprint density at radius 2 is 2.38 bits per heavy atom. The van der Waals surface area contributed by atoms with Gasteiger partial charge in [-0.1, -0.05) is 18.7 Å². The zero-order valence-electron chi connectivity index (χ0n) is 9.25. The molecule has 0 aliphatic rings. The maximum absolute atomic E-state index is 4.55. The van der Waals surface area contributed by atoms with Gasteiger partial charge in [-0.2, -0.15) is 0 Å². The number of aryl methyl sites for hydroxylation is 2. The Morgan fingerprint density at radius 3 is 3.06 bits per heavy atom. The van der Waals surface area contributed by atoms with Crippen LogP contribution in [0.2, 0.25) is 0 Å². The molecular weight excluding hydrogens is 242 g/mol. The standard InChI is InChI=1S/C9H13N5S2/c1-3-4-8-10-7(5-15-8)6-16-9-11-12-13-14(9)2/h5H,3-4,6H2,1-2H3. The second kappa shape index (κ2) is 5.40. The third-order valence-corrected chi connectivity index (χ3v) is 4.00. The Labute approximate surface area is 102 Å². The summed E-state index contributed by atoms with van der Waals surface area (Å²) in [7, 11) is 1.84. The summed E-state index contributed by atoms with van der Waals surface area (Å²) >= 11 is 3.34. The molecule has 0 aliphatic carbocycles. The first-order chi connectivity index (χ1) is 7.79. The summed E-state index contributed by atoms with van der Waals surface area (Å²) in [4.78, 5) is 4.55. The van der Waals surface area contributed by atoms with E-state index in [1.165, 1.54) is 5.01 Å². The highest BCUT2D eigenvalue weighted by Crippen LogP contribution is 2.21. The van der Waals surface area contributed by atoms with Crippen LogP contribution in [-0.4, -0.2) is 25.2 Å². The van der Waals surface area contributed by atoms with Crippen molar-refractivity contribution in [3.63, 3.8) is 0 Å². The smallest absolute Gasteiger partial charge is 0.209 e. The van der Waals surface area contributed by atoms with Crippen molar-refractivity contribution in [2.45, 2.75) is 30.7 Å². The predicted octanol–water partition coefficient (Wildman–Crippen LogP) is 1.91. The van der Waals surface area contributed by atoms with Crippen LogP contribution >= 0.6 is 23.1 Å². The fourth-order valence-electron chi connectivity index (χ4n) is 1.23. The molecule has 0 atom stereocenters. The number of thioether (sulfide) groups is 1. The van der Waals surface area contributed by atoms with Crippen molar-refractivity contribution in [3.8, 4) is 0 Å². The number of hydrogen-bond acceptors (Lipinski definition) is 6. The molecule has 0 spiro atoms. The van der Waals surface area contributed by atoms with Gasteiger partial charge in [0.15, 0.2) is 0 Å². The second-order valence-electron chi connectivity index (χ2n) is 3.36. The molecule has 0 amide bonds. The van der Waals surface area contributed by atoms with Crippen LogP contribution in [0.5, 0.6) is 0 Å². The second-order valence-corrected chi connectivity index (χ2v) is 5.24. The average Bonchev–Trinajstić information content (AvgIpc) is 2.86. The Balaban J connectivity index is 1.92. The van der Waals surface area contributed by atoms with Crippen LogP contribution in [0.15, 0.2) is 10.5 Å². The Hall–Kier alpha value is -0.950. The molecule has 2 heterocycles. The van der Waals surface area contributed by atoms with Gasteiger partial charge in [-0.05, 0) is 23.3 Å². The van der Waals surface area contributed by atoms with Crippen molar-refractivity contribution < 1.29 is 0 Å². The molecule has 2 rings (SSSR count). The van der Waals surface area contributed by atoms with Crippen molar-refractivity contribution in [2.75, 3.05) is 0 Å². The van der Waals surface area contributed by atoms with Gasteiger partial charge < -0.3 is 0 Å². The molecule has 0 N–H and O–H groups in total. The van der Waals surface area contributed by atoms with Gasteiger partial charge in [0.05, 0.1) is 10.7 Å². The number of aromatic nitrogens is 5. The molecule has 0 bridgehead atoms. The average molecular weight is 255 g/mol. The molecule has 0 saturated carbocycles.